The van der Waals surface area contributed by atoms with Gasteiger partial charge in [-0.15, -0.1) is 23.5 Å². The Hall–Kier alpha value is -1.33. The van der Waals surface area contributed by atoms with Crippen LogP contribution in [0.15, 0.2) is 58.0 Å². The van der Waals surface area contributed by atoms with Crippen LogP contribution in [0.25, 0.3) is 0 Å². The summed E-state index contributed by atoms with van der Waals surface area (Å²) in [7, 11) is 0. The van der Waals surface area contributed by atoms with Gasteiger partial charge in [0.1, 0.15) is 5.76 Å². The molecule has 0 spiro atoms. The summed E-state index contributed by atoms with van der Waals surface area (Å²) in [5.74, 6) is 3.12. The van der Waals surface area contributed by atoms with Gasteiger partial charge in [0.05, 0.1) is 11.5 Å². The van der Waals surface area contributed by atoms with E-state index in [1.165, 1.54) is 4.90 Å². The molecule has 0 N–H and O–H groups in total. The number of carbonyl (C=O) groups is 1. The fourth-order valence-corrected chi connectivity index (χ4v) is 4.70. The van der Waals surface area contributed by atoms with Crippen LogP contribution in [0.3, 0.4) is 0 Å². The smallest absolute Gasteiger partial charge is 0.223 e. The zero-order valence-corrected chi connectivity index (χ0v) is 14.7. The highest BCUT2D eigenvalue weighted by atomic mass is 32.2. The molecule has 1 aliphatic rings. The number of thioether (sulfide) groups is 2. The van der Waals surface area contributed by atoms with E-state index >= 15 is 0 Å². The van der Waals surface area contributed by atoms with Crippen LogP contribution in [-0.2, 0) is 4.79 Å². The molecule has 0 unspecified atom stereocenters. The van der Waals surface area contributed by atoms with Crippen LogP contribution >= 0.6 is 23.5 Å². The lowest BCUT2D eigenvalue weighted by Gasteiger charge is -2.20. The Morgan fingerprint density at radius 2 is 2.09 bits per heavy atom. The van der Waals surface area contributed by atoms with Crippen LogP contribution in [0.4, 0.5) is 0 Å². The molecule has 0 aliphatic carbocycles. The summed E-state index contributed by atoms with van der Waals surface area (Å²) in [6.07, 6.45) is 3.30. The van der Waals surface area contributed by atoms with E-state index in [9.17, 15) is 4.79 Å². The Kier molecular flexibility index (Phi) is 6.11. The maximum atomic E-state index is 12.4. The van der Waals surface area contributed by atoms with Gasteiger partial charge in [-0.05, 0) is 30.7 Å². The minimum atomic E-state index is 0.272. The van der Waals surface area contributed by atoms with Gasteiger partial charge in [-0.3, -0.25) is 4.79 Å². The van der Waals surface area contributed by atoms with Crippen molar-refractivity contribution in [3.8, 4) is 0 Å². The van der Waals surface area contributed by atoms with E-state index in [1.807, 2.05) is 47.0 Å². The SMILES string of the molecule is O=C(CCSc1ccccc1)N1CCS[C@@H](c2ccco2)CC1. The molecule has 1 aromatic heterocycles. The van der Waals surface area contributed by atoms with Crippen LogP contribution < -0.4 is 0 Å². The molecule has 0 saturated carbocycles. The number of nitrogens with zero attached hydrogens (tertiary/aromatic N) is 1. The Morgan fingerprint density at radius 1 is 1.22 bits per heavy atom. The fraction of sp³-hybridized carbons (Fsp3) is 0.389. The van der Waals surface area contributed by atoms with Crippen molar-refractivity contribution >= 4 is 29.4 Å². The van der Waals surface area contributed by atoms with Gasteiger partial charge >= 0.3 is 0 Å². The second-order valence-electron chi connectivity index (χ2n) is 5.46. The third kappa shape index (κ3) is 4.82. The number of hydrogen-bond acceptors (Lipinski definition) is 4. The van der Waals surface area contributed by atoms with Crippen LogP contribution in [0.5, 0.6) is 0 Å². The molecule has 1 aliphatic heterocycles. The van der Waals surface area contributed by atoms with E-state index in [2.05, 4.69) is 12.1 Å². The Labute approximate surface area is 145 Å². The summed E-state index contributed by atoms with van der Waals surface area (Å²) in [6.45, 7) is 1.67. The average molecular weight is 348 g/mol. The molecule has 0 radical (unpaired) electrons. The molecule has 2 aromatic rings. The van der Waals surface area contributed by atoms with Crippen molar-refractivity contribution in [2.45, 2.75) is 23.0 Å². The first-order valence-corrected chi connectivity index (χ1v) is 9.97. The second kappa shape index (κ2) is 8.50. The summed E-state index contributed by atoms with van der Waals surface area (Å²) in [5.41, 5.74) is 0. The highest BCUT2D eigenvalue weighted by Crippen LogP contribution is 2.34. The van der Waals surface area contributed by atoms with E-state index < -0.39 is 0 Å². The minimum Gasteiger partial charge on any atom is -0.468 e. The van der Waals surface area contributed by atoms with Crippen molar-refractivity contribution in [2.75, 3.05) is 24.6 Å². The van der Waals surface area contributed by atoms with Crippen molar-refractivity contribution in [1.29, 1.82) is 0 Å². The summed E-state index contributed by atoms with van der Waals surface area (Å²) < 4.78 is 5.51. The first kappa shape index (κ1) is 16.5. The Bertz CT molecular complexity index is 601. The molecule has 1 atom stereocenters. The van der Waals surface area contributed by atoms with Crippen LogP contribution in [0.2, 0.25) is 0 Å². The average Bonchev–Trinajstić information content (AvgIpc) is 3.00. The largest absolute Gasteiger partial charge is 0.468 e. The predicted molar refractivity (Wildman–Crippen MR) is 96.9 cm³/mol. The molecule has 122 valence electrons. The molecular formula is C18H21NO2S2. The number of furan rings is 1. The van der Waals surface area contributed by atoms with Gasteiger partial charge in [-0.25, -0.2) is 0 Å². The third-order valence-corrected chi connectivity index (χ3v) is 6.18. The highest BCUT2D eigenvalue weighted by Gasteiger charge is 2.23. The first-order chi connectivity index (χ1) is 11.3. The number of hydrogen-bond donors (Lipinski definition) is 0. The zero-order valence-electron chi connectivity index (χ0n) is 13.0. The second-order valence-corrected chi connectivity index (χ2v) is 7.93. The summed E-state index contributed by atoms with van der Waals surface area (Å²) in [4.78, 5) is 15.7. The maximum absolute atomic E-state index is 12.4. The quantitative estimate of drug-likeness (QED) is 0.747. The molecule has 1 amide bonds. The molecule has 3 nitrogen and oxygen atoms in total. The van der Waals surface area contributed by atoms with E-state index in [0.29, 0.717) is 11.7 Å². The van der Waals surface area contributed by atoms with Crippen molar-refractivity contribution in [1.82, 2.24) is 4.90 Å². The third-order valence-electron chi connectivity index (χ3n) is 3.88. The van der Waals surface area contributed by atoms with Gasteiger partial charge in [0.25, 0.3) is 0 Å². The van der Waals surface area contributed by atoms with Crippen LogP contribution in [0.1, 0.15) is 23.9 Å². The number of carbonyl (C=O) groups excluding carboxylic acids is 1. The van der Waals surface area contributed by atoms with Crippen molar-refractivity contribution in [3.63, 3.8) is 0 Å². The summed E-state index contributed by atoms with van der Waals surface area (Å²) in [5, 5.41) is 0.376. The van der Waals surface area contributed by atoms with Gasteiger partial charge < -0.3 is 9.32 Å². The van der Waals surface area contributed by atoms with Gasteiger partial charge in [0.15, 0.2) is 0 Å². The van der Waals surface area contributed by atoms with Gasteiger partial charge in [0, 0.05) is 35.9 Å². The molecule has 1 aromatic carbocycles. The van der Waals surface area contributed by atoms with Crippen molar-refractivity contribution in [2.24, 2.45) is 0 Å². The molecule has 23 heavy (non-hydrogen) atoms. The van der Waals surface area contributed by atoms with Crippen LogP contribution in [0, 0.1) is 0 Å². The van der Waals surface area contributed by atoms with Crippen molar-refractivity contribution in [3.05, 3.63) is 54.5 Å². The van der Waals surface area contributed by atoms with Gasteiger partial charge in [-0.2, -0.15) is 0 Å². The predicted octanol–water partition coefficient (Wildman–Crippen LogP) is 4.47. The fourth-order valence-electron chi connectivity index (χ4n) is 2.65. The molecular weight excluding hydrogens is 326 g/mol. The van der Waals surface area contributed by atoms with E-state index in [1.54, 1.807) is 18.0 Å². The van der Waals surface area contributed by atoms with E-state index in [4.69, 9.17) is 4.42 Å². The number of benzene rings is 1. The van der Waals surface area contributed by atoms with E-state index in [-0.39, 0.29) is 5.91 Å². The highest BCUT2D eigenvalue weighted by molar-refractivity contribution is 7.99. The molecule has 0 bridgehead atoms. The molecule has 1 fully saturated rings. The molecule has 2 heterocycles. The van der Waals surface area contributed by atoms with Crippen molar-refractivity contribution < 1.29 is 9.21 Å². The molecule has 5 heteroatoms. The first-order valence-electron chi connectivity index (χ1n) is 7.93. The zero-order chi connectivity index (χ0) is 15.9. The molecule has 3 rings (SSSR count). The number of rotatable bonds is 5. The monoisotopic (exact) mass is 347 g/mol. The number of amides is 1. The topological polar surface area (TPSA) is 33.5 Å². The lowest BCUT2D eigenvalue weighted by Crippen LogP contribution is -2.33. The maximum Gasteiger partial charge on any atom is 0.223 e. The van der Waals surface area contributed by atoms with E-state index in [0.717, 1.165) is 36.8 Å². The molecule has 1 saturated heterocycles. The van der Waals surface area contributed by atoms with Gasteiger partial charge in [-0.1, -0.05) is 18.2 Å². The van der Waals surface area contributed by atoms with Crippen LogP contribution in [-0.4, -0.2) is 35.4 Å². The Balaban J connectivity index is 1.44. The normalized spacial score (nSPS) is 18.6. The Morgan fingerprint density at radius 3 is 2.87 bits per heavy atom. The minimum absolute atomic E-state index is 0.272. The lowest BCUT2D eigenvalue weighted by molar-refractivity contribution is -0.130. The standard InChI is InChI=1S/C18H21NO2S2/c20-18(9-13-22-15-5-2-1-3-6-15)19-10-8-17(23-14-11-19)16-7-4-12-21-16/h1-7,12,17H,8-11,13-14H2/t17-/m1/s1. The summed E-state index contributed by atoms with van der Waals surface area (Å²) in [6, 6.07) is 14.2. The lowest BCUT2D eigenvalue weighted by atomic mass is 10.2. The summed E-state index contributed by atoms with van der Waals surface area (Å²) >= 11 is 3.64. The van der Waals surface area contributed by atoms with Gasteiger partial charge in [0.2, 0.25) is 5.91 Å².